The molecule has 1 fully saturated rings. The van der Waals surface area contributed by atoms with Crippen LogP contribution in [0.3, 0.4) is 0 Å². The van der Waals surface area contributed by atoms with Crippen molar-refractivity contribution in [3.63, 3.8) is 0 Å². The summed E-state index contributed by atoms with van der Waals surface area (Å²) in [6.45, 7) is 1.81. The molecule has 0 aliphatic heterocycles. The zero-order valence-corrected chi connectivity index (χ0v) is 12.1. The van der Waals surface area contributed by atoms with E-state index >= 15 is 0 Å². The van der Waals surface area contributed by atoms with E-state index in [0.717, 1.165) is 5.56 Å². The molecule has 1 aromatic carbocycles. The SMILES string of the molecule is COc1cc(C)cc(CNC(=O)C(F)(F)C2(O)CCC2)c1. The van der Waals surface area contributed by atoms with Gasteiger partial charge >= 0.3 is 5.92 Å². The summed E-state index contributed by atoms with van der Waals surface area (Å²) >= 11 is 0. The van der Waals surface area contributed by atoms with Crippen molar-refractivity contribution in [3.05, 3.63) is 29.3 Å². The van der Waals surface area contributed by atoms with E-state index < -0.39 is 17.4 Å². The van der Waals surface area contributed by atoms with Crippen LogP contribution in [0.5, 0.6) is 5.75 Å². The lowest BCUT2D eigenvalue weighted by molar-refractivity contribution is -0.216. The van der Waals surface area contributed by atoms with E-state index in [4.69, 9.17) is 4.74 Å². The Labute approximate surface area is 122 Å². The highest BCUT2D eigenvalue weighted by molar-refractivity contribution is 5.85. The number of aliphatic hydroxyl groups is 1. The van der Waals surface area contributed by atoms with Crippen molar-refractivity contribution in [2.24, 2.45) is 0 Å². The lowest BCUT2D eigenvalue weighted by atomic mass is 9.75. The Hall–Kier alpha value is -1.69. The minimum Gasteiger partial charge on any atom is -0.497 e. The van der Waals surface area contributed by atoms with Gasteiger partial charge in [0.15, 0.2) is 0 Å². The summed E-state index contributed by atoms with van der Waals surface area (Å²) in [6, 6.07) is 5.25. The van der Waals surface area contributed by atoms with Gasteiger partial charge in [-0.25, -0.2) is 0 Å². The number of alkyl halides is 2. The van der Waals surface area contributed by atoms with Gasteiger partial charge in [-0.2, -0.15) is 8.78 Å². The van der Waals surface area contributed by atoms with Crippen molar-refractivity contribution in [1.29, 1.82) is 0 Å². The van der Waals surface area contributed by atoms with Gasteiger partial charge in [-0.15, -0.1) is 0 Å². The fourth-order valence-electron chi connectivity index (χ4n) is 2.37. The number of hydrogen-bond acceptors (Lipinski definition) is 3. The molecule has 0 saturated heterocycles. The number of carbonyl (C=O) groups is 1. The summed E-state index contributed by atoms with van der Waals surface area (Å²) in [5.74, 6) is -4.60. The molecule has 0 aromatic heterocycles. The highest BCUT2D eigenvalue weighted by atomic mass is 19.3. The molecule has 1 aliphatic rings. The van der Waals surface area contributed by atoms with Crippen LogP contribution in [0.25, 0.3) is 0 Å². The fourth-order valence-corrected chi connectivity index (χ4v) is 2.37. The van der Waals surface area contributed by atoms with E-state index in [9.17, 15) is 18.7 Å². The van der Waals surface area contributed by atoms with E-state index in [1.54, 1.807) is 18.2 Å². The zero-order valence-electron chi connectivity index (χ0n) is 12.1. The molecule has 21 heavy (non-hydrogen) atoms. The first-order chi connectivity index (χ1) is 9.78. The number of benzene rings is 1. The van der Waals surface area contributed by atoms with Crippen LogP contribution in [-0.4, -0.2) is 29.6 Å². The van der Waals surface area contributed by atoms with E-state index in [1.807, 2.05) is 6.92 Å². The highest BCUT2D eigenvalue weighted by Crippen LogP contribution is 2.44. The molecule has 1 aliphatic carbocycles. The molecule has 6 heteroatoms. The minimum atomic E-state index is -3.76. The summed E-state index contributed by atoms with van der Waals surface area (Å²) < 4.78 is 32.9. The molecule has 4 nitrogen and oxygen atoms in total. The largest absolute Gasteiger partial charge is 0.497 e. The quantitative estimate of drug-likeness (QED) is 0.876. The topological polar surface area (TPSA) is 58.6 Å². The third-order valence-electron chi connectivity index (χ3n) is 3.85. The molecular formula is C15H19F2NO3. The van der Waals surface area contributed by atoms with Crippen LogP contribution in [0.1, 0.15) is 30.4 Å². The van der Waals surface area contributed by atoms with Gasteiger partial charge in [0.2, 0.25) is 0 Å². The Morgan fingerprint density at radius 2 is 2.10 bits per heavy atom. The molecule has 1 amide bonds. The van der Waals surface area contributed by atoms with Crippen LogP contribution >= 0.6 is 0 Å². The smallest absolute Gasteiger partial charge is 0.352 e. The maximum Gasteiger partial charge on any atom is 0.352 e. The van der Waals surface area contributed by atoms with E-state index in [-0.39, 0.29) is 19.4 Å². The molecular weight excluding hydrogens is 280 g/mol. The van der Waals surface area contributed by atoms with Crippen LogP contribution in [0.15, 0.2) is 18.2 Å². The number of halogens is 2. The molecule has 0 atom stereocenters. The maximum atomic E-state index is 13.9. The van der Waals surface area contributed by atoms with Gasteiger partial charge in [0.25, 0.3) is 5.91 Å². The molecule has 0 radical (unpaired) electrons. The average molecular weight is 299 g/mol. The molecule has 1 aromatic rings. The molecule has 0 spiro atoms. The Balaban J connectivity index is 2.02. The number of hydrogen-bond donors (Lipinski definition) is 2. The fraction of sp³-hybridized carbons (Fsp3) is 0.533. The van der Waals surface area contributed by atoms with Crippen LogP contribution in [-0.2, 0) is 11.3 Å². The van der Waals surface area contributed by atoms with Gasteiger partial charge in [0.1, 0.15) is 11.4 Å². The predicted molar refractivity (Wildman–Crippen MR) is 73.3 cm³/mol. The van der Waals surface area contributed by atoms with E-state index in [1.165, 1.54) is 7.11 Å². The van der Waals surface area contributed by atoms with Crippen LogP contribution in [0.2, 0.25) is 0 Å². The standard InChI is InChI=1S/C15H19F2NO3/c1-10-6-11(8-12(7-10)21-2)9-18-13(19)15(16,17)14(20)4-3-5-14/h6-8,20H,3-5,9H2,1-2H3,(H,18,19). The Kier molecular flexibility index (Phi) is 4.18. The summed E-state index contributed by atoms with van der Waals surface area (Å²) in [6.07, 6.45) is 0.409. The van der Waals surface area contributed by atoms with Gasteiger partial charge in [-0.05, 0) is 49.4 Å². The summed E-state index contributed by atoms with van der Waals surface area (Å²) in [7, 11) is 1.51. The highest BCUT2D eigenvalue weighted by Gasteiger charge is 2.61. The van der Waals surface area contributed by atoms with Crippen LogP contribution in [0, 0.1) is 6.92 Å². The van der Waals surface area contributed by atoms with Crippen molar-refractivity contribution in [3.8, 4) is 5.75 Å². The minimum absolute atomic E-state index is 0.0391. The van der Waals surface area contributed by atoms with Crippen LogP contribution < -0.4 is 10.1 Å². The second kappa shape index (κ2) is 5.60. The van der Waals surface area contributed by atoms with Gasteiger partial charge in [0.05, 0.1) is 7.11 Å². The van der Waals surface area contributed by atoms with E-state index in [2.05, 4.69) is 5.32 Å². The van der Waals surface area contributed by atoms with Crippen molar-refractivity contribution in [1.82, 2.24) is 5.32 Å². The lowest BCUT2D eigenvalue weighted by Gasteiger charge is -2.41. The van der Waals surface area contributed by atoms with Crippen LogP contribution in [0.4, 0.5) is 8.78 Å². The molecule has 2 rings (SSSR count). The maximum absolute atomic E-state index is 13.9. The number of nitrogens with one attached hydrogen (secondary N) is 1. The van der Waals surface area contributed by atoms with Gasteiger partial charge in [-0.3, -0.25) is 4.79 Å². The van der Waals surface area contributed by atoms with Crippen molar-refractivity contribution in [2.75, 3.05) is 7.11 Å². The second-order valence-electron chi connectivity index (χ2n) is 5.50. The van der Waals surface area contributed by atoms with Crippen molar-refractivity contribution >= 4 is 5.91 Å². The molecule has 0 bridgehead atoms. The number of methoxy groups -OCH3 is 1. The summed E-state index contributed by atoms with van der Waals surface area (Å²) in [5.41, 5.74) is -0.624. The molecule has 2 N–H and O–H groups in total. The number of amides is 1. The first-order valence-electron chi connectivity index (χ1n) is 6.81. The first-order valence-corrected chi connectivity index (χ1v) is 6.81. The third kappa shape index (κ3) is 3.00. The lowest BCUT2D eigenvalue weighted by Crippen LogP contribution is -2.60. The van der Waals surface area contributed by atoms with Gasteiger partial charge in [0, 0.05) is 6.54 Å². The molecule has 0 heterocycles. The molecule has 0 unspecified atom stereocenters. The molecule has 116 valence electrons. The average Bonchev–Trinajstić information content (AvgIpc) is 2.41. The first kappa shape index (κ1) is 15.7. The Bertz CT molecular complexity index is 542. The predicted octanol–water partition coefficient (Wildman–Crippen LogP) is 2.17. The monoisotopic (exact) mass is 299 g/mol. The van der Waals surface area contributed by atoms with E-state index in [0.29, 0.717) is 17.7 Å². The second-order valence-corrected chi connectivity index (χ2v) is 5.50. The number of carbonyl (C=O) groups excluding carboxylic acids is 1. The van der Waals surface area contributed by atoms with Gasteiger partial charge in [-0.1, -0.05) is 6.07 Å². The Morgan fingerprint density at radius 3 is 2.62 bits per heavy atom. The number of ether oxygens (including phenoxy) is 1. The Morgan fingerprint density at radius 1 is 1.43 bits per heavy atom. The normalized spacial score (nSPS) is 17.0. The van der Waals surface area contributed by atoms with Crippen molar-refractivity contribution < 1.29 is 23.4 Å². The number of rotatable bonds is 5. The zero-order chi connectivity index (χ0) is 15.7. The van der Waals surface area contributed by atoms with Crippen molar-refractivity contribution in [2.45, 2.75) is 44.3 Å². The summed E-state index contributed by atoms with van der Waals surface area (Å²) in [4.78, 5) is 11.7. The number of aryl methyl sites for hydroxylation is 1. The molecule has 1 saturated carbocycles. The van der Waals surface area contributed by atoms with Gasteiger partial charge < -0.3 is 15.2 Å². The summed E-state index contributed by atoms with van der Waals surface area (Å²) in [5, 5.41) is 11.9. The third-order valence-corrected chi connectivity index (χ3v) is 3.85.